The Bertz CT molecular complexity index is 337. The fourth-order valence-electron chi connectivity index (χ4n) is 3.17. The van der Waals surface area contributed by atoms with E-state index in [4.69, 9.17) is 4.74 Å². The van der Waals surface area contributed by atoms with Gasteiger partial charge in [-0.2, -0.15) is 0 Å². The summed E-state index contributed by atoms with van der Waals surface area (Å²) in [4.78, 5) is 11.6. The lowest BCUT2D eigenvalue weighted by molar-refractivity contribution is 0.0462. The van der Waals surface area contributed by atoms with Gasteiger partial charge in [-0.1, -0.05) is 19.8 Å². The molecular formula is C16H30N2O2. The molecule has 1 amide bonds. The summed E-state index contributed by atoms with van der Waals surface area (Å²) in [5, 5.41) is 6.60. The van der Waals surface area contributed by atoms with E-state index in [1.807, 2.05) is 20.8 Å². The van der Waals surface area contributed by atoms with E-state index in [0.29, 0.717) is 11.5 Å². The van der Waals surface area contributed by atoms with E-state index in [9.17, 15) is 4.79 Å². The molecule has 0 aliphatic heterocycles. The number of carbonyl (C=O) groups is 1. The van der Waals surface area contributed by atoms with Gasteiger partial charge in [-0.3, -0.25) is 0 Å². The Labute approximate surface area is 123 Å². The van der Waals surface area contributed by atoms with Gasteiger partial charge in [-0.15, -0.1) is 0 Å². The summed E-state index contributed by atoms with van der Waals surface area (Å²) < 4.78 is 5.27. The molecule has 0 spiro atoms. The molecule has 2 saturated carbocycles. The Kier molecular flexibility index (Phi) is 4.62. The van der Waals surface area contributed by atoms with Crippen LogP contribution in [0.15, 0.2) is 0 Å². The molecule has 20 heavy (non-hydrogen) atoms. The molecule has 2 rings (SSSR count). The van der Waals surface area contributed by atoms with E-state index in [1.165, 1.54) is 25.7 Å². The van der Waals surface area contributed by atoms with Crippen molar-refractivity contribution < 1.29 is 9.53 Å². The molecular weight excluding hydrogens is 252 g/mol. The molecule has 0 heterocycles. The lowest BCUT2D eigenvalue weighted by Crippen LogP contribution is -2.54. The molecule has 0 atom stereocenters. The highest BCUT2D eigenvalue weighted by molar-refractivity contribution is 5.68. The molecule has 0 saturated heterocycles. The second kappa shape index (κ2) is 5.92. The van der Waals surface area contributed by atoms with Crippen LogP contribution in [-0.2, 0) is 4.74 Å². The van der Waals surface area contributed by atoms with Crippen LogP contribution in [0.3, 0.4) is 0 Å². The quantitative estimate of drug-likeness (QED) is 0.832. The normalized spacial score (nSPS) is 28.8. The van der Waals surface area contributed by atoms with Gasteiger partial charge in [0.25, 0.3) is 0 Å². The first kappa shape index (κ1) is 15.6. The predicted molar refractivity (Wildman–Crippen MR) is 80.8 cm³/mol. The Morgan fingerprint density at radius 3 is 2.35 bits per heavy atom. The topological polar surface area (TPSA) is 50.4 Å². The van der Waals surface area contributed by atoms with Gasteiger partial charge < -0.3 is 15.4 Å². The largest absolute Gasteiger partial charge is 0.444 e. The molecule has 0 aromatic heterocycles. The van der Waals surface area contributed by atoms with Crippen molar-refractivity contribution in [2.75, 3.05) is 6.54 Å². The van der Waals surface area contributed by atoms with Crippen LogP contribution in [0.1, 0.15) is 66.2 Å². The Balaban J connectivity index is 1.59. The number of amides is 1. The standard InChI is InChI=1S/C16H30N2O2/c1-15(2,3)20-14(19)18-13-9-12(10-13)17-11-16(4)7-5-6-8-16/h12-13,17H,5-11H2,1-4H3,(H,18,19). The van der Waals surface area contributed by atoms with Crippen LogP contribution in [0.25, 0.3) is 0 Å². The number of rotatable bonds is 4. The maximum Gasteiger partial charge on any atom is 0.407 e. The highest BCUT2D eigenvalue weighted by Crippen LogP contribution is 2.37. The third-order valence-corrected chi connectivity index (χ3v) is 4.49. The van der Waals surface area contributed by atoms with Gasteiger partial charge in [0.2, 0.25) is 0 Å². The zero-order valence-electron chi connectivity index (χ0n) is 13.4. The average Bonchev–Trinajstić information content (AvgIpc) is 2.66. The molecule has 116 valence electrons. The Morgan fingerprint density at radius 2 is 1.80 bits per heavy atom. The van der Waals surface area contributed by atoms with Crippen LogP contribution in [-0.4, -0.2) is 30.3 Å². The summed E-state index contributed by atoms with van der Waals surface area (Å²) in [7, 11) is 0. The highest BCUT2D eigenvalue weighted by Gasteiger charge is 2.34. The smallest absolute Gasteiger partial charge is 0.407 e. The minimum atomic E-state index is -0.414. The molecule has 0 unspecified atom stereocenters. The molecule has 0 bridgehead atoms. The second-order valence-electron chi connectivity index (χ2n) is 7.91. The molecule has 2 fully saturated rings. The van der Waals surface area contributed by atoms with Crippen molar-refractivity contribution in [1.29, 1.82) is 0 Å². The van der Waals surface area contributed by atoms with Crippen molar-refractivity contribution in [3.8, 4) is 0 Å². The number of hydrogen-bond donors (Lipinski definition) is 2. The summed E-state index contributed by atoms with van der Waals surface area (Å²) in [5.41, 5.74) is 0.0895. The monoisotopic (exact) mass is 282 g/mol. The first-order valence-electron chi connectivity index (χ1n) is 7.99. The first-order valence-corrected chi connectivity index (χ1v) is 7.99. The zero-order chi connectivity index (χ0) is 14.8. The summed E-state index contributed by atoms with van der Waals surface area (Å²) in [5.74, 6) is 0. The fraction of sp³-hybridized carbons (Fsp3) is 0.938. The van der Waals surface area contributed by atoms with E-state index in [1.54, 1.807) is 0 Å². The molecule has 2 aliphatic carbocycles. The highest BCUT2D eigenvalue weighted by atomic mass is 16.6. The lowest BCUT2D eigenvalue weighted by atomic mass is 9.84. The van der Waals surface area contributed by atoms with Crippen molar-refractivity contribution in [1.82, 2.24) is 10.6 Å². The summed E-state index contributed by atoms with van der Waals surface area (Å²) in [6, 6.07) is 0.839. The van der Waals surface area contributed by atoms with Gasteiger partial charge in [0.15, 0.2) is 0 Å². The van der Waals surface area contributed by atoms with Crippen LogP contribution in [0.4, 0.5) is 4.79 Å². The summed E-state index contributed by atoms with van der Waals surface area (Å²) in [6.07, 6.45) is 7.23. The number of alkyl carbamates (subject to hydrolysis) is 1. The second-order valence-corrected chi connectivity index (χ2v) is 7.91. The number of carbonyl (C=O) groups excluding carboxylic acids is 1. The maximum atomic E-state index is 11.6. The van der Waals surface area contributed by atoms with Gasteiger partial charge in [0.05, 0.1) is 0 Å². The van der Waals surface area contributed by atoms with E-state index >= 15 is 0 Å². The van der Waals surface area contributed by atoms with Crippen LogP contribution in [0.5, 0.6) is 0 Å². The third-order valence-electron chi connectivity index (χ3n) is 4.49. The van der Waals surface area contributed by atoms with Crippen LogP contribution < -0.4 is 10.6 Å². The number of nitrogens with one attached hydrogen (secondary N) is 2. The lowest BCUT2D eigenvalue weighted by Gasteiger charge is -2.38. The molecule has 0 radical (unpaired) electrons. The van der Waals surface area contributed by atoms with Crippen molar-refractivity contribution >= 4 is 6.09 Å². The van der Waals surface area contributed by atoms with E-state index < -0.39 is 5.60 Å². The number of ether oxygens (including phenoxy) is 1. The van der Waals surface area contributed by atoms with Gasteiger partial charge in [0.1, 0.15) is 5.60 Å². The van der Waals surface area contributed by atoms with Gasteiger partial charge in [-0.25, -0.2) is 4.79 Å². The van der Waals surface area contributed by atoms with Crippen molar-refractivity contribution in [3.05, 3.63) is 0 Å². The van der Waals surface area contributed by atoms with Crippen LogP contribution >= 0.6 is 0 Å². The Hall–Kier alpha value is -0.770. The molecule has 0 aromatic carbocycles. The minimum Gasteiger partial charge on any atom is -0.444 e. The third kappa shape index (κ3) is 4.65. The molecule has 0 aromatic rings. The zero-order valence-corrected chi connectivity index (χ0v) is 13.4. The minimum absolute atomic E-state index is 0.277. The van der Waals surface area contributed by atoms with Gasteiger partial charge in [0, 0.05) is 18.6 Å². The van der Waals surface area contributed by atoms with E-state index in [0.717, 1.165) is 19.4 Å². The van der Waals surface area contributed by atoms with Crippen molar-refractivity contribution in [3.63, 3.8) is 0 Å². The summed E-state index contributed by atoms with van der Waals surface area (Å²) >= 11 is 0. The van der Waals surface area contributed by atoms with Crippen LogP contribution in [0, 0.1) is 5.41 Å². The predicted octanol–water partition coefficient (Wildman–Crippen LogP) is 3.21. The summed E-state index contributed by atoms with van der Waals surface area (Å²) in [6.45, 7) is 9.18. The van der Waals surface area contributed by atoms with Crippen molar-refractivity contribution in [2.24, 2.45) is 5.41 Å². The van der Waals surface area contributed by atoms with Crippen LogP contribution in [0.2, 0.25) is 0 Å². The molecule has 4 nitrogen and oxygen atoms in total. The van der Waals surface area contributed by atoms with E-state index in [-0.39, 0.29) is 12.1 Å². The molecule has 4 heteroatoms. The fourth-order valence-corrected chi connectivity index (χ4v) is 3.17. The number of hydrogen-bond acceptors (Lipinski definition) is 3. The van der Waals surface area contributed by atoms with E-state index in [2.05, 4.69) is 17.6 Å². The maximum absolute atomic E-state index is 11.6. The van der Waals surface area contributed by atoms with Gasteiger partial charge in [-0.05, 0) is 51.9 Å². The SMILES string of the molecule is CC1(CNC2CC(NC(=O)OC(C)(C)C)C2)CCCC1. The molecule has 2 aliphatic rings. The Morgan fingerprint density at radius 1 is 1.20 bits per heavy atom. The van der Waals surface area contributed by atoms with Gasteiger partial charge >= 0.3 is 6.09 Å². The first-order chi connectivity index (χ1) is 9.26. The average molecular weight is 282 g/mol. The molecule has 2 N–H and O–H groups in total. The van der Waals surface area contributed by atoms with Crippen molar-refractivity contribution in [2.45, 2.75) is 83.9 Å².